The molecule has 0 spiro atoms. The molecule has 4 N–H and O–H groups in total. The standard InChI is InChI=1S/C12H14N4O/c13-12-8-5-6-14-7-10(8)16(15-12)9-3-1-2-4-11(9)17/h1-4,14,17H,5-7H2,(H2,13,15). The lowest BCUT2D eigenvalue weighted by atomic mass is 10.1. The van der Waals surface area contributed by atoms with E-state index in [1.54, 1.807) is 16.8 Å². The second kappa shape index (κ2) is 3.78. The molecular formula is C12H14N4O. The van der Waals surface area contributed by atoms with E-state index in [-0.39, 0.29) is 5.75 Å². The number of anilines is 1. The van der Waals surface area contributed by atoms with Gasteiger partial charge in [-0.25, -0.2) is 4.68 Å². The number of para-hydroxylation sites is 2. The Labute approximate surface area is 98.9 Å². The molecule has 1 aliphatic rings. The zero-order chi connectivity index (χ0) is 11.8. The van der Waals surface area contributed by atoms with Crippen molar-refractivity contribution < 1.29 is 5.11 Å². The number of phenolic OH excluding ortho intramolecular Hbond substituents is 1. The van der Waals surface area contributed by atoms with Crippen molar-refractivity contribution in [3.05, 3.63) is 35.5 Å². The van der Waals surface area contributed by atoms with Crippen LogP contribution in [0.3, 0.4) is 0 Å². The summed E-state index contributed by atoms with van der Waals surface area (Å²) in [6.45, 7) is 1.65. The summed E-state index contributed by atoms with van der Waals surface area (Å²) in [4.78, 5) is 0. The predicted octanol–water partition coefficient (Wildman–Crippen LogP) is 0.806. The van der Waals surface area contributed by atoms with Crippen LogP contribution in [0, 0.1) is 0 Å². The lowest BCUT2D eigenvalue weighted by Gasteiger charge is -2.15. The van der Waals surface area contributed by atoms with Gasteiger partial charge in [0, 0.05) is 12.1 Å². The Morgan fingerprint density at radius 2 is 2.18 bits per heavy atom. The molecule has 0 amide bonds. The van der Waals surface area contributed by atoms with E-state index < -0.39 is 0 Å². The molecule has 0 fully saturated rings. The Bertz CT molecular complexity index is 562. The van der Waals surface area contributed by atoms with Crippen molar-refractivity contribution in [3.8, 4) is 11.4 Å². The van der Waals surface area contributed by atoms with Crippen molar-refractivity contribution in [2.75, 3.05) is 12.3 Å². The predicted molar refractivity (Wildman–Crippen MR) is 65.1 cm³/mol. The fourth-order valence-electron chi connectivity index (χ4n) is 2.22. The first-order valence-corrected chi connectivity index (χ1v) is 5.62. The van der Waals surface area contributed by atoms with Crippen molar-refractivity contribution >= 4 is 5.82 Å². The summed E-state index contributed by atoms with van der Waals surface area (Å²) in [6, 6.07) is 7.14. The van der Waals surface area contributed by atoms with Gasteiger partial charge in [0.1, 0.15) is 17.3 Å². The van der Waals surface area contributed by atoms with Gasteiger partial charge in [-0.1, -0.05) is 12.1 Å². The third kappa shape index (κ3) is 1.55. The molecule has 5 heteroatoms. The van der Waals surface area contributed by atoms with E-state index in [9.17, 15) is 5.11 Å². The van der Waals surface area contributed by atoms with E-state index in [4.69, 9.17) is 5.73 Å². The highest BCUT2D eigenvalue weighted by molar-refractivity contribution is 5.52. The number of aromatic hydroxyl groups is 1. The molecule has 1 aromatic heterocycles. The summed E-state index contributed by atoms with van der Waals surface area (Å²) in [5.74, 6) is 0.771. The molecule has 0 saturated carbocycles. The van der Waals surface area contributed by atoms with Gasteiger partial charge in [-0.2, -0.15) is 0 Å². The van der Waals surface area contributed by atoms with Crippen molar-refractivity contribution in [2.45, 2.75) is 13.0 Å². The first kappa shape index (κ1) is 10.2. The molecule has 17 heavy (non-hydrogen) atoms. The van der Waals surface area contributed by atoms with E-state index in [1.807, 2.05) is 12.1 Å². The van der Waals surface area contributed by atoms with Gasteiger partial charge in [-0.3, -0.25) is 0 Å². The van der Waals surface area contributed by atoms with Crippen molar-refractivity contribution in [1.82, 2.24) is 15.1 Å². The zero-order valence-corrected chi connectivity index (χ0v) is 9.35. The van der Waals surface area contributed by atoms with E-state index in [2.05, 4.69) is 10.4 Å². The van der Waals surface area contributed by atoms with Gasteiger partial charge in [0.15, 0.2) is 0 Å². The largest absolute Gasteiger partial charge is 0.506 e. The maximum atomic E-state index is 9.85. The molecule has 1 aliphatic heterocycles. The monoisotopic (exact) mass is 230 g/mol. The quantitative estimate of drug-likeness (QED) is 0.677. The van der Waals surface area contributed by atoms with Gasteiger partial charge in [0.25, 0.3) is 0 Å². The molecule has 2 aromatic rings. The van der Waals surface area contributed by atoms with Crippen LogP contribution < -0.4 is 11.1 Å². The van der Waals surface area contributed by atoms with E-state index in [1.165, 1.54) is 0 Å². The lowest BCUT2D eigenvalue weighted by Crippen LogP contribution is -2.25. The van der Waals surface area contributed by atoms with Gasteiger partial charge < -0.3 is 16.2 Å². The molecular weight excluding hydrogens is 216 g/mol. The number of nitrogen functional groups attached to an aromatic ring is 1. The van der Waals surface area contributed by atoms with Gasteiger partial charge in [-0.05, 0) is 25.1 Å². The minimum atomic E-state index is 0.211. The second-order valence-electron chi connectivity index (χ2n) is 4.14. The third-order valence-electron chi connectivity index (χ3n) is 3.08. The highest BCUT2D eigenvalue weighted by atomic mass is 16.3. The highest BCUT2D eigenvalue weighted by Gasteiger charge is 2.20. The molecule has 3 rings (SSSR count). The molecule has 0 aliphatic carbocycles. The van der Waals surface area contributed by atoms with Crippen molar-refractivity contribution in [2.24, 2.45) is 0 Å². The average Bonchev–Trinajstić information content (AvgIpc) is 2.68. The van der Waals surface area contributed by atoms with Gasteiger partial charge in [0.2, 0.25) is 0 Å². The normalized spacial score (nSPS) is 14.6. The maximum Gasteiger partial charge on any atom is 0.149 e. The molecule has 2 heterocycles. The van der Waals surface area contributed by atoms with Crippen LogP contribution in [0.25, 0.3) is 5.69 Å². The Kier molecular flexibility index (Phi) is 2.26. The zero-order valence-electron chi connectivity index (χ0n) is 9.35. The van der Waals surface area contributed by atoms with Crippen LogP contribution in [0.4, 0.5) is 5.82 Å². The van der Waals surface area contributed by atoms with Crippen molar-refractivity contribution in [1.29, 1.82) is 0 Å². The maximum absolute atomic E-state index is 9.85. The lowest BCUT2D eigenvalue weighted by molar-refractivity contribution is 0.468. The van der Waals surface area contributed by atoms with Crippen LogP contribution in [0.5, 0.6) is 5.75 Å². The Morgan fingerprint density at radius 1 is 1.35 bits per heavy atom. The minimum absolute atomic E-state index is 0.211. The third-order valence-corrected chi connectivity index (χ3v) is 3.08. The smallest absolute Gasteiger partial charge is 0.149 e. The summed E-state index contributed by atoms with van der Waals surface area (Å²) in [5, 5.41) is 17.5. The van der Waals surface area contributed by atoms with Gasteiger partial charge in [0.05, 0.1) is 5.69 Å². The molecule has 0 atom stereocenters. The average molecular weight is 230 g/mol. The van der Waals surface area contributed by atoms with Crippen LogP contribution in [-0.4, -0.2) is 21.4 Å². The fraction of sp³-hybridized carbons (Fsp3) is 0.250. The Morgan fingerprint density at radius 3 is 3.00 bits per heavy atom. The number of fused-ring (bicyclic) bond motifs is 1. The highest BCUT2D eigenvalue weighted by Crippen LogP contribution is 2.27. The number of rotatable bonds is 1. The Hall–Kier alpha value is -2.01. The second-order valence-corrected chi connectivity index (χ2v) is 4.14. The van der Waals surface area contributed by atoms with Gasteiger partial charge in [-0.15, -0.1) is 5.10 Å². The van der Waals surface area contributed by atoms with Crippen molar-refractivity contribution in [3.63, 3.8) is 0 Å². The molecule has 1 aromatic carbocycles. The number of hydrogen-bond donors (Lipinski definition) is 3. The van der Waals surface area contributed by atoms with Crippen LogP contribution in [0.1, 0.15) is 11.3 Å². The first-order chi connectivity index (χ1) is 8.27. The molecule has 88 valence electrons. The van der Waals surface area contributed by atoms with E-state index in [0.29, 0.717) is 11.5 Å². The molecule has 0 saturated heterocycles. The Balaban J connectivity index is 2.19. The van der Waals surface area contributed by atoms with E-state index in [0.717, 1.165) is 30.8 Å². The summed E-state index contributed by atoms with van der Waals surface area (Å²) in [6.07, 6.45) is 0.884. The molecule has 5 nitrogen and oxygen atoms in total. The number of benzene rings is 1. The summed E-state index contributed by atoms with van der Waals surface area (Å²) < 4.78 is 1.73. The number of nitrogens with two attached hydrogens (primary N) is 1. The van der Waals surface area contributed by atoms with Crippen LogP contribution in [0.2, 0.25) is 0 Å². The number of aromatic nitrogens is 2. The topological polar surface area (TPSA) is 76.1 Å². The molecule has 0 unspecified atom stereocenters. The molecule has 0 radical (unpaired) electrons. The van der Waals surface area contributed by atoms with Gasteiger partial charge >= 0.3 is 0 Å². The number of nitrogens with zero attached hydrogens (tertiary/aromatic N) is 2. The SMILES string of the molecule is Nc1nn(-c2ccccc2O)c2c1CCNC2. The number of phenols is 1. The van der Waals surface area contributed by atoms with Crippen LogP contribution in [-0.2, 0) is 13.0 Å². The summed E-state index contributed by atoms with van der Waals surface area (Å²) >= 11 is 0. The fourth-order valence-corrected chi connectivity index (χ4v) is 2.22. The number of hydrogen-bond acceptors (Lipinski definition) is 4. The molecule has 0 bridgehead atoms. The van der Waals surface area contributed by atoms with Crippen LogP contribution >= 0.6 is 0 Å². The summed E-state index contributed by atoms with van der Waals surface area (Å²) in [7, 11) is 0. The number of nitrogens with one attached hydrogen (secondary N) is 1. The summed E-state index contributed by atoms with van der Waals surface area (Å²) in [5.41, 5.74) is 8.71. The first-order valence-electron chi connectivity index (χ1n) is 5.62. The minimum Gasteiger partial charge on any atom is -0.506 e. The van der Waals surface area contributed by atoms with Crippen LogP contribution in [0.15, 0.2) is 24.3 Å². The van der Waals surface area contributed by atoms with E-state index >= 15 is 0 Å².